The molecular formula is C10H18O. The van der Waals surface area contributed by atoms with Gasteiger partial charge in [0.15, 0.2) is 0 Å². The van der Waals surface area contributed by atoms with Crippen molar-refractivity contribution in [1.82, 2.24) is 0 Å². The third-order valence-electron chi connectivity index (χ3n) is 3.22. The number of hydrogen-bond acceptors (Lipinski definition) is 1. The highest BCUT2D eigenvalue weighted by Crippen LogP contribution is 2.46. The van der Waals surface area contributed by atoms with Gasteiger partial charge in [-0.05, 0) is 30.6 Å². The lowest BCUT2D eigenvalue weighted by atomic mass is 9.72. The summed E-state index contributed by atoms with van der Waals surface area (Å²) in [4.78, 5) is 0. The Bertz CT molecular complexity index is 157. The van der Waals surface area contributed by atoms with Crippen molar-refractivity contribution in [1.29, 1.82) is 0 Å². The Morgan fingerprint density at radius 2 is 1.91 bits per heavy atom. The van der Waals surface area contributed by atoms with Gasteiger partial charge in [-0.25, -0.2) is 0 Å². The van der Waals surface area contributed by atoms with E-state index < -0.39 is 0 Å². The molecule has 0 unspecified atom stereocenters. The monoisotopic (exact) mass is 154 g/mol. The van der Waals surface area contributed by atoms with Crippen LogP contribution in [0.2, 0.25) is 0 Å². The molecule has 64 valence electrons. The van der Waals surface area contributed by atoms with E-state index in [9.17, 15) is 0 Å². The van der Waals surface area contributed by atoms with E-state index in [1.165, 1.54) is 19.3 Å². The number of hydrogen-bond donors (Lipinski definition) is 0. The van der Waals surface area contributed by atoms with Gasteiger partial charge in [-0.3, -0.25) is 0 Å². The van der Waals surface area contributed by atoms with Gasteiger partial charge in [0, 0.05) is 0 Å². The van der Waals surface area contributed by atoms with Gasteiger partial charge in [-0.15, -0.1) is 0 Å². The molecule has 2 aliphatic heterocycles. The molecule has 2 fully saturated rings. The predicted octanol–water partition coefficient (Wildman–Crippen LogP) is 2.60. The van der Waals surface area contributed by atoms with Crippen molar-refractivity contribution in [2.45, 2.75) is 52.2 Å². The average molecular weight is 154 g/mol. The summed E-state index contributed by atoms with van der Waals surface area (Å²) in [5, 5.41) is 0. The zero-order valence-electron chi connectivity index (χ0n) is 7.76. The molecule has 0 radical (unpaired) electrons. The summed E-state index contributed by atoms with van der Waals surface area (Å²) in [6.07, 6.45) is 5.15. The molecule has 0 aliphatic carbocycles. The van der Waals surface area contributed by atoms with Crippen molar-refractivity contribution in [3.05, 3.63) is 0 Å². The Morgan fingerprint density at radius 1 is 1.18 bits per heavy atom. The molecule has 1 nitrogen and oxygen atoms in total. The van der Waals surface area contributed by atoms with Crippen LogP contribution in [0, 0.1) is 11.3 Å². The standard InChI is InChI=1S/C10H18O/c1-10(2,3)8-6-7-4-5-9(8)11-7/h7-9H,4-6H2,1-3H3/t7-,8-,9+/m0/s1. The lowest BCUT2D eigenvalue weighted by molar-refractivity contribution is 0.0685. The third kappa shape index (κ3) is 1.20. The quantitative estimate of drug-likeness (QED) is 0.521. The second-order valence-electron chi connectivity index (χ2n) is 5.08. The molecule has 0 aromatic heterocycles. The van der Waals surface area contributed by atoms with Gasteiger partial charge in [-0.2, -0.15) is 0 Å². The Kier molecular flexibility index (Phi) is 1.54. The number of ether oxygens (including phenoxy) is 1. The van der Waals surface area contributed by atoms with Crippen molar-refractivity contribution < 1.29 is 4.74 Å². The van der Waals surface area contributed by atoms with Gasteiger partial charge in [-0.1, -0.05) is 20.8 Å². The minimum Gasteiger partial charge on any atom is -0.375 e. The molecular weight excluding hydrogens is 136 g/mol. The Hall–Kier alpha value is -0.0400. The first kappa shape index (κ1) is 7.60. The van der Waals surface area contributed by atoms with Crippen LogP contribution >= 0.6 is 0 Å². The van der Waals surface area contributed by atoms with E-state index in [0.717, 1.165) is 5.92 Å². The number of rotatable bonds is 0. The van der Waals surface area contributed by atoms with Crippen LogP contribution in [0.3, 0.4) is 0 Å². The van der Waals surface area contributed by atoms with Crippen LogP contribution < -0.4 is 0 Å². The van der Waals surface area contributed by atoms with Gasteiger partial charge in [0.05, 0.1) is 12.2 Å². The molecule has 0 aromatic carbocycles. The zero-order valence-corrected chi connectivity index (χ0v) is 7.76. The summed E-state index contributed by atoms with van der Waals surface area (Å²) in [5.74, 6) is 0.821. The van der Waals surface area contributed by atoms with Gasteiger partial charge >= 0.3 is 0 Å². The van der Waals surface area contributed by atoms with Gasteiger partial charge in [0.2, 0.25) is 0 Å². The van der Waals surface area contributed by atoms with Crippen LogP contribution in [0.15, 0.2) is 0 Å². The molecule has 0 saturated carbocycles. The molecule has 2 rings (SSSR count). The molecule has 2 aliphatic rings. The molecule has 2 bridgehead atoms. The zero-order chi connectivity index (χ0) is 8.06. The molecule has 2 heterocycles. The van der Waals surface area contributed by atoms with Gasteiger partial charge in [0.1, 0.15) is 0 Å². The minimum absolute atomic E-state index is 0.458. The fourth-order valence-electron chi connectivity index (χ4n) is 2.55. The maximum absolute atomic E-state index is 5.81. The third-order valence-corrected chi connectivity index (χ3v) is 3.22. The molecule has 2 saturated heterocycles. The minimum atomic E-state index is 0.458. The maximum Gasteiger partial charge on any atom is 0.0613 e. The fraction of sp³-hybridized carbons (Fsp3) is 1.00. The summed E-state index contributed by atoms with van der Waals surface area (Å²) in [5.41, 5.74) is 0.458. The Labute approximate surface area is 69.1 Å². The van der Waals surface area contributed by atoms with E-state index in [1.807, 2.05) is 0 Å². The first-order valence-corrected chi connectivity index (χ1v) is 4.73. The van der Waals surface area contributed by atoms with E-state index >= 15 is 0 Å². The average Bonchev–Trinajstić information content (AvgIpc) is 2.42. The van der Waals surface area contributed by atoms with E-state index in [4.69, 9.17) is 4.74 Å². The van der Waals surface area contributed by atoms with E-state index in [-0.39, 0.29) is 0 Å². The second-order valence-corrected chi connectivity index (χ2v) is 5.08. The van der Waals surface area contributed by atoms with Gasteiger partial charge < -0.3 is 4.74 Å². The topological polar surface area (TPSA) is 9.23 Å². The fourth-order valence-corrected chi connectivity index (χ4v) is 2.55. The lowest BCUT2D eigenvalue weighted by Gasteiger charge is -2.31. The summed E-state index contributed by atoms with van der Waals surface area (Å²) >= 11 is 0. The smallest absolute Gasteiger partial charge is 0.0613 e. The highest BCUT2D eigenvalue weighted by molar-refractivity contribution is 4.94. The Morgan fingerprint density at radius 3 is 2.18 bits per heavy atom. The van der Waals surface area contributed by atoms with Crippen LogP contribution in [0.5, 0.6) is 0 Å². The first-order valence-electron chi connectivity index (χ1n) is 4.73. The van der Waals surface area contributed by atoms with Gasteiger partial charge in [0.25, 0.3) is 0 Å². The van der Waals surface area contributed by atoms with Crippen LogP contribution in [-0.4, -0.2) is 12.2 Å². The molecule has 0 spiro atoms. The molecule has 3 atom stereocenters. The molecule has 0 amide bonds. The summed E-state index contributed by atoms with van der Waals surface area (Å²) in [6.45, 7) is 7.01. The van der Waals surface area contributed by atoms with E-state index in [0.29, 0.717) is 17.6 Å². The van der Waals surface area contributed by atoms with E-state index in [1.54, 1.807) is 0 Å². The molecule has 1 heteroatoms. The predicted molar refractivity (Wildman–Crippen MR) is 45.5 cm³/mol. The summed E-state index contributed by atoms with van der Waals surface area (Å²) < 4.78 is 5.81. The molecule has 11 heavy (non-hydrogen) atoms. The summed E-state index contributed by atoms with van der Waals surface area (Å²) in [7, 11) is 0. The van der Waals surface area contributed by atoms with E-state index in [2.05, 4.69) is 20.8 Å². The van der Waals surface area contributed by atoms with Crippen molar-refractivity contribution in [3.8, 4) is 0 Å². The normalized spacial score (nSPS) is 43.4. The van der Waals surface area contributed by atoms with Crippen LogP contribution in [0.4, 0.5) is 0 Å². The van der Waals surface area contributed by atoms with Crippen LogP contribution in [0.25, 0.3) is 0 Å². The highest BCUT2D eigenvalue weighted by Gasteiger charge is 2.45. The summed E-state index contributed by atoms with van der Waals surface area (Å²) in [6, 6.07) is 0. The molecule has 0 N–H and O–H groups in total. The SMILES string of the molecule is CC(C)(C)[C@H]1C[C@@H]2CC[C@H]1O2. The number of fused-ring (bicyclic) bond motifs is 2. The van der Waals surface area contributed by atoms with Crippen molar-refractivity contribution in [2.75, 3.05) is 0 Å². The van der Waals surface area contributed by atoms with Crippen molar-refractivity contribution in [3.63, 3.8) is 0 Å². The largest absolute Gasteiger partial charge is 0.375 e. The Balaban J connectivity index is 2.08. The van der Waals surface area contributed by atoms with Crippen molar-refractivity contribution >= 4 is 0 Å². The van der Waals surface area contributed by atoms with Crippen molar-refractivity contribution in [2.24, 2.45) is 11.3 Å². The van der Waals surface area contributed by atoms with Crippen LogP contribution in [0.1, 0.15) is 40.0 Å². The molecule has 0 aromatic rings. The highest BCUT2D eigenvalue weighted by atomic mass is 16.5. The second kappa shape index (κ2) is 2.22. The van der Waals surface area contributed by atoms with Crippen LogP contribution in [-0.2, 0) is 4.74 Å². The lowest BCUT2D eigenvalue weighted by Crippen LogP contribution is -2.29. The first-order chi connectivity index (χ1) is 5.07. The maximum atomic E-state index is 5.81.